The van der Waals surface area contributed by atoms with Gasteiger partial charge in [-0.05, 0) is 68.7 Å². The normalized spacial score (nSPS) is 13.2. The highest BCUT2D eigenvalue weighted by molar-refractivity contribution is 6.14. The van der Waals surface area contributed by atoms with E-state index in [1.54, 1.807) is 0 Å². The highest BCUT2D eigenvalue weighted by Crippen LogP contribution is 2.53. The third-order valence-corrected chi connectivity index (χ3v) is 10.1. The summed E-state index contributed by atoms with van der Waals surface area (Å²) in [5.41, 5.74) is 10.1. The summed E-state index contributed by atoms with van der Waals surface area (Å²) in [6.07, 6.45) is 0. The van der Waals surface area contributed by atoms with Gasteiger partial charge in [-0.1, -0.05) is 129 Å². The number of oxazole rings is 1. The molecule has 0 atom stereocenters. The summed E-state index contributed by atoms with van der Waals surface area (Å²) in [4.78, 5) is 20.1. The predicted octanol–water partition coefficient (Wildman–Crippen LogP) is 11.3. The zero-order chi connectivity index (χ0) is 33.4. The lowest BCUT2D eigenvalue weighted by Crippen LogP contribution is -2.14. The van der Waals surface area contributed by atoms with Crippen molar-refractivity contribution in [3.05, 3.63) is 157 Å². The van der Waals surface area contributed by atoms with Crippen LogP contribution in [-0.2, 0) is 5.41 Å². The van der Waals surface area contributed by atoms with Crippen LogP contribution >= 0.6 is 0 Å². The summed E-state index contributed by atoms with van der Waals surface area (Å²) in [7, 11) is 0. The quantitative estimate of drug-likeness (QED) is 0.191. The maximum absolute atomic E-state index is 6.61. The molecule has 10 rings (SSSR count). The van der Waals surface area contributed by atoms with Gasteiger partial charge in [-0.3, -0.25) is 0 Å². The molecule has 0 fully saturated rings. The number of aromatic nitrogens is 4. The van der Waals surface area contributed by atoms with Crippen molar-refractivity contribution in [2.24, 2.45) is 0 Å². The van der Waals surface area contributed by atoms with Crippen LogP contribution in [0.15, 0.2) is 150 Å². The molecular weight excluding hydrogens is 613 g/mol. The summed E-state index contributed by atoms with van der Waals surface area (Å²) in [6.45, 7) is 4.60. The Bertz CT molecular complexity index is 2780. The summed E-state index contributed by atoms with van der Waals surface area (Å²) in [5, 5.41) is 4.52. The Morgan fingerprint density at radius 2 is 1.04 bits per heavy atom. The molecule has 0 radical (unpaired) electrons. The van der Waals surface area contributed by atoms with Gasteiger partial charge in [0.25, 0.3) is 0 Å². The van der Waals surface area contributed by atoms with Gasteiger partial charge < -0.3 is 4.42 Å². The maximum Gasteiger partial charge on any atom is 0.227 e. The fourth-order valence-corrected chi connectivity index (χ4v) is 7.56. The van der Waals surface area contributed by atoms with Crippen molar-refractivity contribution in [3.63, 3.8) is 0 Å². The van der Waals surface area contributed by atoms with Crippen LogP contribution in [0.3, 0.4) is 0 Å². The molecule has 0 bridgehead atoms. The lowest BCUT2D eigenvalue weighted by molar-refractivity contribution is 0.623. The Morgan fingerprint density at radius 1 is 0.460 bits per heavy atom. The molecule has 50 heavy (non-hydrogen) atoms. The molecule has 1 aliphatic rings. The number of nitrogens with zero attached hydrogens (tertiary/aromatic N) is 4. The Morgan fingerprint density at radius 3 is 1.80 bits per heavy atom. The first-order valence-corrected chi connectivity index (χ1v) is 16.9. The minimum atomic E-state index is -0.216. The standard InChI is InChI=1S/C45H30N4O/c1-45(2)35-22-20-33(43-48-41(29-12-5-3-6-13-29)47-42(49-43)32-18-17-27-11-9-10-16-31(27)25-32)26-34(35)39-36(45)23-19-28-21-24-37-40(38(28)39)50-44(46-37)30-14-7-4-8-15-30/h3-26H,1-2H3. The van der Waals surface area contributed by atoms with E-state index in [4.69, 9.17) is 24.4 Å². The van der Waals surface area contributed by atoms with Crippen molar-refractivity contribution in [3.8, 4) is 56.7 Å². The SMILES string of the molecule is CC1(C)c2ccc(-c3nc(-c4ccccc4)nc(-c4ccc5ccccc5c4)n3)cc2-c2c1ccc1ccc3nc(-c4ccccc4)oc3c21. The molecule has 0 saturated heterocycles. The van der Waals surface area contributed by atoms with E-state index in [9.17, 15) is 0 Å². The topological polar surface area (TPSA) is 64.7 Å². The lowest BCUT2D eigenvalue weighted by atomic mass is 9.82. The van der Waals surface area contributed by atoms with Crippen molar-refractivity contribution < 1.29 is 4.42 Å². The highest BCUT2D eigenvalue weighted by Gasteiger charge is 2.37. The summed E-state index contributed by atoms with van der Waals surface area (Å²) in [6, 6.07) is 50.3. The highest BCUT2D eigenvalue weighted by atomic mass is 16.3. The third kappa shape index (κ3) is 4.40. The molecule has 0 spiro atoms. The van der Waals surface area contributed by atoms with Crippen molar-refractivity contribution in [1.82, 2.24) is 19.9 Å². The van der Waals surface area contributed by atoms with Crippen molar-refractivity contribution in [2.45, 2.75) is 19.3 Å². The second-order valence-electron chi connectivity index (χ2n) is 13.5. The van der Waals surface area contributed by atoms with Crippen molar-refractivity contribution in [2.75, 3.05) is 0 Å². The zero-order valence-corrected chi connectivity index (χ0v) is 27.6. The molecule has 2 aromatic heterocycles. The van der Waals surface area contributed by atoms with Gasteiger partial charge in [0.15, 0.2) is 23.1 Å². The van der Waals surface area contributed by atoms with Gasteiger partial charge >= 0.3 is 0 Å². The van der Waals surface area contributed by atoms with Crippen molar-refractivity contribution >= 4 is 32.6 Å². The molecule has 0 saturated carbocycles. The minimum Gasteiger partial charge on any atom is -0.435 e. The average molecular weight is 643 g/mol. The molecule has 9 aromatic rings. The van der Waals surface area contributed by atoms with E-state index in [2.05, 4.69) is 98.8 Å². The second-order valence-corrected chi connectivity index (χ2v) is 13.5. The lowest BCUT2D eigenvalue weighted by Gasteiger charge is -2.21. The molecule has 236 valence electrons. The van der Waals surface area contributed by atoms with Gasteiger partial charge in [-0.15, -0.1) is 0 Å². The smallest absolute Gasteiger partial charge is 0.227 e. The van der Waals surface area contributed by atoms with Crippen LogP contribution in [0, 0.1) is 0 Å². The molecule has 7 aromatic carbocycles. The predicted molar refractivity (Wildman–Crippen MR) is 202 cm³/mol. The molecule has 2 heterocycles. The zero-order valence-electron chi connectivity index (χ0n) is 27.6. The number of benzene rings is 7. The van der Waals surface area contributed by atoms with Crippen LogP contribution in [-0.4, -0.2) is 19.9 Å². The first-order chi connectivity index (χ1) is 24.5. The van der Waals surface area contributed by atoms with Gasteiger partial charge in [-0.2, -0.15) is 0 Å². The van der Waals surface area contributed by atoms with Crippen LogP contribution in [0.25, 0.3) is 89.4 Å². The number of hydrogen-bond donors (Lipinski definition) is 0. The number of rotatable bonds is 4. The van der Waals surface area contributed by atoms with E-state index < -0.39 is 0 Å². The summed E-state index contributed by atoms with van der Waals surface area (Å²) in [5.74, 6) is 2.54. The molecular formula is C45H30N4O. The minimum absolute atomic E-state index is 0.216. The van der Waals surface area contributed by atoms with Gasteiger partial charge in [0.1, 0.15) is 5.52 Å². The largest absolute Gasteiger partial charge is 0.435 e. The first-order valence-electron chi connectivity index (χ1n) is 16.9. The molecule has 5 heteroatoms. The first kappa shape index (κ1) is 28.5. The Balaban J connectivity index is 1.19. The van der Waals surface area contributed by atoms with E-state index >= 15 is 0 Å². The van der Waals surface area contributed by atoms with E-state index in [1.165, 1.54) is 22.1 Å². The Kier molecular flexibility index (Phi) is 6.15. The molecule has 5 nitrogen and oxygen atoms in total. The van der Waals surface area contributed by atoms with Crippen LogP contribution < -0.4 is 0 Å². The van der Waals surface area contributed by atoms with E-state index in [0.29, 0.717) is 23.4 Å². The van der Waals surface area contributed by atoms with Crippen LogP contribution in [0.5, 0.6) is 0 Å². The van der Waals surface area contributed by atoms with Gasteiger partial charge in [0.2, 0.25) is 5.89 Å². The second kappa shape index (κ2) is 10.8. The van der Waals surface area contributed by atoms with Gasteiger partial charge in [-0.25, -0.2) is 19.9 Å². The molecule has 0 amide bonds. The maximum atomic E-state index is 6.61. The van der Waals surface area contributed by atoms with Crippen LogP contribution in [0.2, 0.25) is 0 Å². The summed E-state index contributed by atoms with van der Waals surface area (Å²) >= 11 is 0. The van der Waals surface area contributed by atoms with Crippen LogP contribution in [0.4, 0.5) is 0 Å². The third-order valence-electron chi connectivity index (χ3n) is 10.1. The molecule has 0 unspecified atom stereocenters. The fraction of sp³-hybridized carbons (Fsp3) is 0.0667. The molecule has 0 N–H and O–H groups in total. The van der Waals surface area contributed by atoms with Crippen molar-refractivity contribution in [1.29, 1.82) is 0 Å². The van der Waals surface area contributed by atoms with Crippen LogP contribution in [0.1, 0.15) is 25.0 Å². The fourth-order valence-electron chi connectivity index (χ4n) is 7.56. The molecule has 0 aliphatic heterocycles. The van der Waals surface area contributed by atoms with E-state index in [1.807, 2.05) is 60.7 Å². The van der Waals surface area contributed by atoms with E-state index in [0.717, 1.165) is 55.1 Å². The van der Waals surface area contributed by atoms with Gasteiger partial charge in [0.05, 0.1) is 0 Å². The number of hydrogen-bond acceptors (Lipinski definition) is 5. The van der Waals surface area contributed by atoms with E-state index in [-0.39, 0.29) is 5.41 Å². The Labute approximate surface area is 289 Å². The number of fused-ring (bicyclic) bond motifs is 8. The van der Waals surface area contributed by atoms with Gasteiger partial charge in [0, 0.05) is 33.1 Å². The molecule has 1 aliphatic carbocycles. The summed E-state index contributed by atoms with van der Waals surface area (Å²) < 4.78 is 6.61. The Hall–Kier alpha value is -6.46. The monoisotopic (exact) mass is 642 g/mol. The average Bonchev–Trinajstić information content (AvgIpc) is 3.71.